The first kappa shape index (κ1) is 13.6. The first-order valence-electron chi connectivity index (χ1n) is 6.67. The molecule has 1 aliphatic rings. The summed E-state index contributed by atoms with van der Waals surface area (Å²) in [5, 5.41) is 4.33. The second-order valence-corrected chi connectivity index (χ2v) is 5.81. The van der Waals surface area contributed by atoms with E-state index < -0.39 is 0 Å². The van der Waals surface area contributed by atoms with Crippen LogP contribution in [0.15, 0.2) is 36.7 Å². The van der Waals surface area contributed by atoms with Gasteiger partial charge in [-0.3, -0.25) is 0 Å². The first-order chi connectivity index (χ1) is 9.78. The number of ether oxygens (including phenoxy) is 2. The Labute approximate surface area is 126 Å². The maximum Gasteiger partial charge on any atom is 0.336 e. The Balaban J connectivity index is 1.66. The molecular weight excluding hydrogens is 322 g/mol. The lowest BCUT2D eigenvalue weighted by atomic mass is 9.91. The molecule has 1 heterocycles. The number of halogens is 1. The van der Waals surface area contributed by atoms with Gasteiger partial charge in [0, 0.05) is 17.9 Å². The molecule has 1 saturated carbocycles. The molecule has 2 aromatic rings. The zero-order valence-electron chi connectivity index (χ0n) is 11.1. The van der Waals surface area contributed by atoms with Gasteiger partial charge in [0.2, 0.25) is 0 Å². The van der Waals surface area contributed by atoms with Crippen molar-refractivity contribution < 1.29 is 9.47 Å². The normalized spacial score (nSPS) is 25.2. The Morgan fingerprint density at radius 1 is 1.35 bits per heavy atom. The molecule has 3 rings (SSSR count). The highest BCUT2D eigenvalue weighted by atomic mass is 79.9. The van der Waals surface area contributed by atoms with E-state index in [4.69, 9.17) is 9.47 Å². The molecule has 0 bridgehead atoms. The van der Waals surface area contributed by atoms with Crippen molar-refractivity contribution in [2.24, 2.45) is 0 Å². The fraction of sp³-hybridized carbons (Fsp3) is 0.429. The Kier molecular flexibility index (Phi) is 4.03. The van der Waals surface area contributed by atoms with E-state index in [0.717, 1.165) is 12.1 Å². The summed E-state index contributed by atoms with van der Waals surface area (Å²) in [4.78, 5) is 4.54. The van der Waals surface area contributed by atoms with Crippen molar-refractivity contribution in [1.82, 2.24) is 14.8 Å². The minimum atomic E-state index is 0.0194. The van der Waals surface area contributed by atoms with Crippen LogP contribution < -0.4 is 4.74 Å². The number of nitrogens with zero attached hydrogens (tertiary/aromatic N) is 3. The van der Waals surface area contributed by atoms with E-state index in [-0.39, 0.29) is 12.2 Å². The van der Waals surface area contributed by atoms with Gasteiger partial charge in [-0.1, -0.05) is 34.1 Å². The number of aromatic nitrogens is 3. The summed E-state index contributed by atoms with van der Waals surface area (Å²) in [6, 6.07) is 10.2. The summed E-state index contributed by atoms with van der Waals surface area (Å²) in [6.45, 7) is 2.66. The predicted molar refractivity (Wildman–Crippen MR) is 78.5 cm³/mol. The SMILES string of the molecule is CCOC1C(Br)CC1Oc1ncn(-c2ccccc2)n1. The second-order valence-electron chi connectivity index (χ2n) is 4.64. The van der Waals surface area contributed by atoms with Crippen LogP contribution in [0.4, 0.5) is 0 Å². The fourth-order valence-electron chi connectivity index (χ4n) is 2.19. The van der Waals surface area contributed by atoms with Crippen molar-refractivity contribution in [2.75, 3.05) is 6.61 Å². The molecule has 0 radical (unpaired) electrons. The van der Waals surface area contributed by atoms with E-state index in [0.29, 0.717) is 17.4 Å². The molecule has 1 aliphatic carbocycles. The van der Waals surface area contributed by atoms with E-state index in [2.05, 4.69) is 26.0 Å². The Bertz CT molecular complexity index is 561. The van der Waals surface area contributed by atoms with Crippen molar-refractivity contribution in [3.8, 4) is 11.7 Å². The molecule has 1 aromatic carbocycles. The number of hydrogen-bond acceptors (Lipinski definition) is 4. The third kappa shape index (κ3) is 2.71. The molecule has 106 valence electrons. The minimum absolute atomic E-state index is 0.0194. The van der Waals surface area contributed by atoms with Gasteiger partial charge >= 0.3 is 6.01 Å². The monoisotopic (exact) mass is 337 g/mol. The Hall–Kier alpha value is -1.40. The number of para-hydroxylation sites is 1. The van der Waals surface area contributed by atoms with Gasteiger partial charge in [0.1, 0.15) is 18.5 Å². The van der Waals surface area contributed by atoms with Gasteiger partial charge in [-0.15, -0.1) is 5.10 Å². The molecule has 3 unspecified atom stereocenters. The van der Waals surface area contributed by atoms with E-state index in [1.54, 1.807) is 11.0 Å². The molecule has 5 nitrogen and oxygen atoms in total. The quantitative estimate of drug-likeness (QED) is 0.787. The number of hydrogen-bond donors (Lipinski definition) is 0. The third-order valence-electron chi connectivity index (χ3n) is 3.29. The van der Waals surface area contributed by atoms with E-state index in [1.807, 2.05) is 37.3 Å². The zero-order valence-corrected chi connectivity index (χ0v) is 12.7. The topological polar surface area (TPSA) is 49.2 Å². The highest BCUT2D eigenvalue weighted by Gasteiger charge is 2.42. The van der Waals surface area contributed by atoms with Gasteiger partial charge in [0.05, 0.1) is 5.69 Å². The standard InChI is InChI=1S/C14H16BrN3O2/c1-2-19-13-11(15)8-12(13)20-14-16-9-18(17-14)10-6-4-3-5-7-10/h3-7,9,11-13H,2,8H2,1H3. The number of benzene rings is 1. The molecule has 20 heavy (non-hydrogen) atoms. The second kappa shape index (κ2) is 5.93. The molecule has 0 saturated heterocycles. The lowest BCUT2D eigenvalue weighted by Gasteiger charge is -2.39. The molecule has 3 atom stereocenters. The molecule has 0 N–H and O–H groups in total. The summed E-state index contributed by atoms with van der Waals surface area (Å²) in [5.41, 5.74) is 0.961. The van der Waals surface area contributed by atoms with Crippen LogP contribution >= 0.6 is 15.9 Å². The van der Waals surface area contributed by atoms with Gasteiger partial charge in [-0.2, -0.15) is 4.98 Å². The van der Waals surface area contributed by atoms with Crippen LogP contribution in [0.3, 0.4) is 0 Å². The summed E-state index contributed by atoms with van der Waals surface area (Å²) in [5.74, 6) is 0. The molecular formula is C14H16BrN3O2. The van der Waals surface area contributed by atoms with Gasteiger partial charge in [0.25, 0.3) is 0 Å². The summed E-state index contributed by atoms with van der Waals surface area (Å²) >= 11 is 3.57. The summed E-state index contributed by atoms with van der Waals surface area (Å²) < 4.78 is 13.1. The first-order valence-corrected chi connectivity index (χ1v) is 7.59. The summed E-state index contributed by atoms with van der Waals surface area (Å²) in [6.07, 6.45) is 2.66. The summed E-state index contributed by atoms with van der Waals surface area (Å²) in [7, 11) is 0. The zero-order chi connectivity index (χ0) is 13.9. The smallest absolute Gasteiger partial charge is 0.336 e. The van der Waals surface area contributed by atoms with Crippen molar-refractivity contribution in [3.05, 3.63) is 36.7 Å². The van der Waals surface area contributed by atoms with Gasteiger partial charge in [-0.05, 0) is 19.1 Å². The van der Waals surface area contributed by atoms with Crippen LogP contribution in [0.2, 0.25) is 0 Å². The highest BCUT2D eigenvalue weighted by Crippen LogP contribution is 2.33. The van der Waals surface area contributed by atoms with Gasteiger partial charge < -0.3 is 9.47 Å². The molecule has 1 aromatic heterocycles. The molecule has 1 fully saturated rings. The van der Waals surface area contributed by atoms with Crippen LogP contribution in [0, 0.1) is 0 Å². The largest absolute Gasteiger partial charge is 0.456 e. The molecule has 6 heteroatoms. The van der Waals surface area contributed by atoms with Crippen molar-refractivity contribution >= 4 is 15.9 Å². The van der Waals surface area contributed by atoms with Crippen molar-refractivity contribution in [2.45, 2.75) is 30.4 Å². The predicted octanol–water partition coefficient (Wildman–Crippen LogP) is 2.59. The Morgan fingerprint density at radius 2 is 2.15 bits per heavy atom. The average molecular weight is 338 g/mol. The van der Waals surface area contributed by atoms with Crippen molar-refractivity contribution in [1.29, 1.82) is 0 Å². The van der Waals surface area contributed by atoms with Gasteiger partial charge in [0.15, 0.2) is 0 Å². The number of rotatable bonds is 5. The molecule has 0 spiro atoms. The maximum atomic E-state index is 5.79. The van der Waals surface area contributed by atoms with E-state index in [9.17, 15) is 0 Å². The minimum Gasteiger partial charge on any atom is -0.456 e. The number of alkyl halides is 1. The molecule has 0 amide bonds. The fourth-order valence-corrected chi connectivity index (χ4v) is 3.05. The Morgan fingerprint density at radius 3 is 2.85 bits per heavy atom. The third-order valence-corrected chi connectivity index (χ3v) is 4.18. The van der Waals surface area contributed by atoms with Crippen LogP contribution in [-0.4, -0.2) is 38.4 Å². The van der Waals surface area contributed by atoms with E-state index in [1.165, 1.54) is 0 Å². The lowest BCUT2D eigenvalue weighted by molar-refractivity contribution is -0.0753. The van der Waals surface area contributed by atoms with Gasteiger partial charge in [-0.25, -0.2) is 4.68 Å². The van der Waals surface area contributed by atoms with Crippen molar-refractivity contribution in [3.63, 3.8) is 0 Å². The maximum absolute atomic E-state index is 5.79. The average Bonchev–Trinajstić information content (AvgIpc) is 2.94. The van der Waals surface area contributed by atoms with Crippen LogP contribution in [0.25, 0.3) is 5.69 Å². The van der Waals surface area contributed by atoms with Crippen LogP contribution in [0.5, 0.6) is 6.01 Å². The van der Waals surface area contributed by atoms with Crippen LogP contribution in [-0.2, 0) is 4.74 Å². The van der Waals surface area contributed by atoms with Crippen LogP contribution in [0.1, 0.15) is 13.3 Å². The van der Waals surface area contributed by atoms with E-state index >= 15 is 0 Å². The lowest BCUT2D eigenvalue weighted by Crippen LogP contribution is -2.52. The molecule has 0 aliphatic heterocycles. The highest BCUT2D eigenvalue weighted by molar-refractivity contribution is 9.09.